The number of ether oxygens (including phenoxy) is 1. The highest BCUT2D eigenvalue weighted by Gasteiger charge is 2.15. The molecule has 0 bridgehead atoms. The van der Waals surface area contributed by atoms with Crippen LogP contribution in [0.5, 0.6) is 0 Å². The monoisotopic (exact) mass is 262 g/mol. The number of hydrazone groups is 1. The zero-order valence-corrected chi connectivity index (χ0v) is 9.99. The second kappa shape index (κ2) is 6.70. The number of carbonyl (C=O) groups excluding carboxylic acids is 1. The maximum absolute atomic E-state index is 11.3. The van der Waals surface area contributed by atoms with Crippen molar-refractivity contribution in [1.29, 1.82) is 5.26 Å². The molecule has 1 aromatic carbocycles. The lowest BCUT2D eigenvalue weighted by atomic mass is 10.3. The highest BCUT2D eigenvalue weighted by atomic mass is 16.6. The first-order valence-corrected chi connectivity index (χ1v) is 5.24. The number of nitro groups is 1. The second-order valence-corrected chi connectivity index (χ2v) is 3.18. The van der Waals surface area contributed by atoms with Crippen LogP contribution in [-0.4, -0.2) is 23.2 Å². The van der Waals surface area contributed by atoms with Crippen LogP contribution in [0.1, 0.15) is 6.92 Å². The molecule has 19 heavy (non-hydrogen) atoms. The van der Waals surface area contributed by atoms with Crippen molar-refractivity contribution in [1.82, 2.24) is 0 Å². The van der Waals surface area contributed by atoms with Gasteiger partial charge in [-0.2, -0.15) is 10.4 Å². The normalized spacial score (nSPS) is 10.4. The number of benzene rings is 1. The van der Waals surface area contributed by atoms with Crippen LogP contribution in [0.15, 0.2) is 29.4 Å². The van der Waals surface area contributed by atoms with Gasteiger partial charge in [0.2, 0.25) is 5.71 Å². The summed E-state index contributed by atoms with van der Waals surface area (Å²) in [6.07, 6.45) is 0. The molecular formula is C11H10N4O4. The van der Waals surface area contributed by atoms with E-state index in [9.17, 15) is 14.9 Å². The van der Waals surface area contributed by atoms with Gasteiger partial charge in [0.1, 0.15) is 11.8 Å². The summed E-state index contributed by atoms with van der Waals surface area (Å²) < 4.78 is 4.59. The fourth-order valence-corrected chi connectivity index (χ4v) is 1.16. The Kier molecular flexibility index (Phi) is 4.98. The van der Waals surface area contributed by atoms with Crippen molar-refractivity contribution in [2.45, 2.75) is 6.92 Å². The standard InChI is InChI=1S/C11H10N4O4/c1-2-19-11(16)9(7-12)14-13-8-5-3-4-6-10(8)15(17)18/h3-6,13H,2H2,1H3/b14-9+. The molecule has 1 N–H and O–H groups in total. The Labute approximate surface area is 108 Å². The maximum atomic E-state index is 11.3. The number of hydrogen-bond donors (Lipinski definition) is 1. The number of esters is 1. The van der Waals surface area contributed by atoms with Crippen LogP contribution in [0.25, 0.3) is 0 Å². The first-order valence-electron chi connectivity index (χ1n) is 5.24. The summed E-state index contributed by atoms with van der Waals surface area (Å²) in [5.74, 6) is -0.893. The third kappa shape index (κ3) is 3.78. The van der Waals surface area contributed by atoms with Gasteiger partial charge >= 0.3 is 5.97 Å². The number of para-hydroxylation sites is 2. The van der Waals surface area contributed by atoms with Crippen molar-refractivity contribution >= 4 is 23.1 Å². The van der Waals surface area contributed by atoms with Gasteiger partial charge in [-0.3, -0.25) is 15.5 Å². The molecule has 0 heterocycles. The first kappa shape index (κ1) is 14.1. The van der Waals surface area contributed by atoms with Gasteiger partial charge in [0.15, 0.2) is 0 Å². The van der Waals surface area contributed by atoms with Crippen molar-refractivity contribution in [2.24, 2.45) is 5.10 Å². The molecule has 0 aliphatic heterocycles. The molecule has 1 rings (SSSR count). The topological polar surface area (TPSA) is 118 Å². The van der Waals surface area contributed by atoms with Crippen LogP contribution in [0.2, 0.25) is 0 Å². The smallest absolute Gasteiger partial charge is 0.369 e. The minimum absolute atomic E-state index is 0.0737. The fourth-order valence-electron chi connectivity index (χ4n) is 1.16. The number of anilines is 1. The van der Waals surface area contributed by atoms with Gasteiger partial charge in [0, 0.05) is 6.07 Å². The summed E-state index contributed by atoms with van der Waals surface area (Å²) in [6.45, 7) is 1.69. The Morgan fingerprint density at radius 1 is 1.58 bits per heavy atom. The lowest BCUT2D eigenvalue weighted by molar-refractivity contribution is -0.384. The Morgan fingerprint density at radius 2 is 2.26 bits per heavy atom. The Bertz CT molecular complexity index is 562. The van der Waals surface area contributed by atoms with Crippen LogP contribution < -0.4 is 5.43 Å². The van der Waals surface area contributed by atoms with Crippen LogP contribution in [-0.2, 0) is 9.53 Å². The molecule has 0 aliphatic rings. The van der Waals surface area contributed by atoms with E-state index in [0.717, 1.165) is 0 Å². The van der Waals surface area contributed by atoms with E-state index in [1.165, 1.54) is 18.2 Å². The Balaban J connectivity index is 2.94. The minimum Gasteiger partial charge on any atom is -0.461 e. The molecule has 98 valence electrons. The van der Waals surface area contributed by atoms with Gasteiger partial charge in [-0.1, -0.05) is 12.1 Å². The molecular weight excluding hydrogens is 252 g/mol. The average molecular weight is 262 g/mol. The molecule has 0 fully saturated rings. The summed E-state index contributed by atoms with van der Waals surface area (Å²) in [5, 5.41) is 23.0. The van der Waals surface area contributed by atoms with Gasteiger partial charge in [-0.25, -0.2) is 4.79 Å². The molecule has 0 spiro atoms. The number of nitrogens with one attached hydrogen (secondary N) is 1. The van der Waals surface area contributed by atoms with E-state index in [0.29, 0.717) is 0 Å². The van der Waals surface area contributed by atoms with E-state index in [1.54, 1.807) is 19.1 Å². The number of carbonyl (C=O) groups is 1. The van der Waals surface area contributed by atoms with E-state index in [1.807, 2.05) is 0 Å². The fraction of sp³-hybridized carbons (Fsp3) is 0.182. The summed E-state index contributed by atoms with van der Waals surface area (Å²) in [5.41, 5.74) is 1.65. The SMILES string of the molecule is CCOC(=O)/C(C#N)=N/Nc1ccccc1[N+](=O)[O-]. The molecule has 0 atom stereocenters. The van der Waals surface area contributed by atoms with Crippen LogP contribution >= 0.6 is 0 Å². The largest absolute Gasteiger partial charge is 0.461 e. The molecule has 8 nitrogen and oxygen atoms in total. The van der Waals surface area contributed by atoms with E-state index < -0.39 is 16.6 Å². The third-order valence-electron chi connectivity index (χ3n) is 1.96. The molecule has 1 aromatic rings. The van der Waals surface area contributed by atoms with Crippen LogP contribution in [0, 0.1) is 21.4 Å². The van der Waals surface area contributed by atoms with Crippen LogP contribution in [0.4, 0.5) is 11.4 Å². The number of hydrogen-bond acceptors (Lipinski definition) is 7. The second-order valence-electron chi connectivity index (χ2n) is 3.18. The van der Waals surface area contributed by atoms with Gasteiger partial charge in [-0.15, -0.1) is 0 Å². The van der Waals surface area contributed by atoms with E-state index >= 15 is 0 Å². The van der Waals surface area contributed by atoms with Crippen molar-refractivity contribution in [3.63, 3.8) is 0 Å². The molecule has 0 amide bonds. The number of nitriles is 1. The predicted molar refractivity (Wildman–Crippen MR) is 66.4 cm³/mol. The number of nitro benzene ring substituents is 1. The molecule has 0 aliphatic carbocycles. The predicted octanol–water partition coefficient (Wildman–Crippen LogP) is 1.45. The lowest BCUT2D eigenvalue weighted by Crippen LogP contribution is -2.17. The van der Waals surface area contributed by atoms with E-state index in [2.05, 4.69) is 15.3 Å². The van der Waals surface area contributed by atoms with Gasteiger partial charge in [0.25, 0.3) is 5.69 Å². The van der Waals surface area contributed by atoms with Crippen molar-refractivity contribution in [3.8, 4) is 6.07 Å². The zero-order chi connectivity index (χ0) is 14.3. The highest BCUT2D eigenvalue weighted by molar-refractivity contribution is 6.43. The van der Waals surface area contributed by atoms with E-state index in [4.69, 9.17) is 5.26 Å². The van der Waals surface area contributed by atoms with Gasteiger partial charge in [0.05, 0.1) is 11.5 Å². The molecule has 0 saturated carbocycles. The van der Waals surface area contributed by atoms with Crippen molar-refractivity contribution in [2.75, 3.05) is 12.0 Å². The summed E-state index contributed by atoms with van der Waals surface area (Å²) in [7, 11) is 0. The number of rotatable bonds is 5. The third-order valence-corrected chi connectivity index (χ3v) is 1.96. The molecule has 0 aromatic heterocycles. The highest BCUT2D eigenvalue weighted by Crippen LogP contribution is 2.22. The van der Waals surface area contributed by atoms with Crippen molar-refractivity contribution < 1.29 is 14.5 Å². The molecule has 0 unspecified atom stereocenters. The first-order chi connectivity index (χ1) is 9.10. The summed E-state index contributed by atoms with van der Waals surface area (Å²) in [4.78, 5) is 21.4. The minimum atomic E-state index is -0.893. The molecule has 8 heteroatoms. The quantitative estimate of drug-likeness (QED) is 0.371. The number of nitrogens with zero attached hydrogens (tertiary/aromatic N) is 3. The average Bonchev–Trinajstić information content (AvgIpc) is 2.40. The maximum Gasteiger partial charge on any atom is 0.369 e. The Hall–Kier alpha value is -2.95. The summed E-state index contributed by atoms with van der Waals surface area (Å²) in [6, 6.07) is 7.27. The zero-order valence-electron chi connectivity index (χ0n) is 9.99. The van der Waals surface area contributed by atoms with Crippen molar-refractivity contribution in [3.05, 3.63) is 34.4 Å². The van der Waals surface area contributed by atoms with Gasteiger partial charge < -0.3 is 4.74 Å². The Morgan fingerprint density at radius 3 is 2.84 bits per heavy atom. The summed E-state index contributed by atoms with van der Waals surface area (Å²) >= 11 is 0. The molecule has 0 radical (unpaired) electrons. The lowest BCUT2D eigenvalue weighted by Gasteiger charge is -2.02. The van der Waals surface area contributed by atoms with Gasteiger partial charge in [-0.05, 0) is 13.0 Å². The van der Waals surface area contributed by atoms with E-state index in [-0.39, 0.29) is 18.0 Å². The molecule has 0 saturated heterocycles. The van der Waals surface area contributed by atoms with Crippen LogP contribution in [0.3, 0.4) is 0 Å².